The molecule has 3 aliphatic rings. The van der Waals surface area contributed by atoms with Gasteiger partial charge in [0, 0.05) is 5.54 Å². The normalized spacial score (nSPS) is 33.7. The Morgan fingerprint density at radius 2 is 1.47 bits per heavy atom. The lowest BCUT2D eigenvalue weighted by molar-refractivity contribution is 0.107. The number of ether oxygens (including phenoxy) is 1. The minimum atomic E-state index is 0.155. The van der Waals surface area contributed by atoms with Crippen molar-refractivity contribution in [2.24, 2.45) is 5.73 Å². The SMILES string of the molecule is CC(C)Oc1ccc(C23CCC(N)(CC2)CC3)cc1. The molecule has 0 spiro atoms. The summed E-state index contributed by atoms with van der Waals surface area (Å²) in [4.78, 5) is 0. The molecule has 2 N–H and O–H groups in total. The fourth-order valence-electron chi connectivity index (χ4n) is 3.81. The Kier molecular flexibility index (Phi) is 3.09. The second-order valence-electron chi connectivity index (χ2n) is 6.83. The van der Waals surface area contributed by atoms with Crippen molar-refractivity contribution in [3.8, 4) is 5.75 Å². The minimum absolute atomic E-state index is 0.155. The van der Waals surface area contributed by atoms with Crippen LogP contribution >= 0.6 is 0 Å². The van der Waals surface area contributed by atoms with Crippen molar-refractivity contribution in [1.82, 2.24) is 0 Å². The van der Waals surface area contributed by atoms with Gasteiger partial charge in [-0.25, -0.2) is 0 Å². The van der Waals surface area contributed by atoms with Crippen molar-refractivity contribution in [2.45, 2.75) is 69.4 Å². The number of hydrogen-bond donors (Lipinski definition) is 1. The summed E-state index contributed by atoms with van der Waals surface area (Å²) in [6.45, 7) is 4.13. The smallest absolute Gasteiger partial charge is 0.119 e. The van der Waals surface area contributed by atoms with Crippen molar-refractivity contribution in [1.29, 1.82) is 0 Å². The van der Waals surface area contributed by atoms with E-state index in [1.807, 2.05) is 0 Å². The third-order valence-electron chi connectivity index (χ3n) is 5.14. The molecule has 0 amide bonds. The molecule has 0 aliphatic heterocycles. The molecule has 0 unspecified atom stereocenters. The molecule has 0 radical (unpaired) electrons. The fraction of sp³-hybridized carbons (Fsp3) is 0.647. The Balaban J connectivity index is 1.79. The monoisotopic (exact) mass is 259 g/mol. The van der Waals surface area contributed by atoms with E-state index < -0.39 is 0 Å². The van der Waals surface area contributed by atoms with Crippen LogP contribution in [0, 0.1) is 0 Å². The lowest BCUT2D eigenvalue weighted by Gasteiger charge is -2.52. The molecule has 19 heavy (non-hydrogen) atoms. The van der Waals surface area contributed by atoms with Gasteiger partial charge in [-0.15, -0.1) is 0 Å². The zero-order valence-corrected chi connectivity index (χ0v) is 12.1. The molecule has 4 rings (SSSR count). The standard InChI is InChI=1S/C17H25NO/c1-13(2)19-15-5-3-14(4-6-15)16-7-10-17(18,11-8-16)12-9-16/h3-6,13H,7-12,18H2,1-2H3. The maximum absolute atomic E-state index is 6.39. The van der Waals surface area contributed by atoms with Crippen LogP contribution in [0.15, 0.2) is 24.3 Å². The average molecular weight is 259 g/mol. The summed E-state index contributed by atoms with van der Waals surface area (Å²) in [7, 11) is 0. The Bertz CT molecular complexity index is 424. The summed E-state index contributed by atoms with van der Waals surface area (Å²) >= 11 is 0. The first-order valence-electron chi connectivity index (χ1n) is 7.58. The van der Waals surface area contributed by atoms with Gasteiger partial charge in [0.05, 0.1) is 6.10 Å². The zero-order valence-electron chi connectivity index (χ0n) is 12.1. The predicted octanol–water partition coefficient (Wildman–Crippen LogP) is 3.78. The quantitative estimate of drug-likeness (QED) is 0.896. The molecule has 104 valence electrons. The molecule has 3 fully saturated rings. The van der Waals surface area contributed by atoms with Gasteiger partial charge in [0.1, 0.15) is 5.75 Å². The topological polar surface area (TPSA) is 35.2 Å². The van der Waals surface area contributed by atoms with Crippen molar-refractivity contribution in [3.05, 3.63) is 29.8 Å². The van der Waals surface area contributed by atoms with E-state index in [4.69, 9.17) is 10.5 Å². The highest BCUT2D eigenvalue weighted by atomic mass is 16.5. The van der Waals surface area contributed by atoms with E-state index in [1.54, 1.807) is 0 Å². The average Bonchev–Trinajstić information content (AvgIpc) is 2.40. The first kappa shape index (κ1) is 13.0. The first-order valence-corrected chi connectivity index (χ1v) is 7.58. The molecule has 1 aromatic carbocycles. The second-order valence-corrected chi connectivity index (χ2v) is 6.83. The van der Waals surface area contributed by atoms with Crippen molar-refractivity contribution in [3.63, 3.8) is 0 Å². The summed E-state index contributed by atoms with van der Waals surface area (Å²) in [5.41, 5.74) is 8.44. The molecule has 3 aliphatic carbocycles. The van der Waals surface area contributed by atoms with Crippen LogP contribution in [-0.4, -0.2) is 11.6 Å². The molecule has 2 bridgehead atoms. The highest BCUT2D eigenvalue weighted by molar-refractivity contribution is 5.34. The van der Waals surface area contributed by atoms with E-state index in [2.05, 4.69) is 38.1 Å². The fourth-order valence-corrected chi connectivity index (χ4v) is 3.81. The molecular weight excluding hydrogens is 234 g/mol. The summed E-state index contributed by atoms with van der Waals surface area (Å²) in [6, 6.07) is 8.80. The van der Waals surface area contributed by atoms with E-state index in [-0.39, 0.29) is 11.6 Å². The van der Waals surface area contributed by atoms with Crippen LogP contribution in [0.5, 0.6) is 5.75 Å². The van der Waals surface area contributed by atoms with Gasteiger partial charge in [-0.1, -0.05) is 12.1 Å². The molecule has 0 heterocycles. The van der Waals surface area contributed by atoms with E-state index in [9.17, 15) is 0 Å². The van der Waals surface area contributed by atoms with Gasteiger partial charge in [-0.2, -0.15) is 0 Å². The predicted molar refractivity (Wildman–Crippen MR) is 78.5 cm³/mol. The maximum atomic E-state index is 6.39. The van der Waals surface area contributed by atoms with Crippen molar-refractivity contribution < 1.29 is 4.74 Å². The van der Waals surface area contributed by atoms with Gasteiger partial charge < -0.3 is 10.5 Å². The van der Waals surface area contributed by atoms with E-state index in [0.717, 1.165) is 5.75 Å². The number of benzene rings is 1. The summed E-state index contributed by atoms with van der Waals surface area (Å²) in [6.07, 6.45) is 7.59. The van der Waals surface area contributed by atoms with Gasteiger partial charge in [-0.3, -0.25) is 0 Å². The molecular formula is C17H25NO. The molecule has 2 heteroatoms. The van der Waals surface area contributed by atoms with E-state index in [0.29, 0.717) is 5.41 Å². The Labute approximate surface area is 116 Å². The highest BCUT2D eigenvalue weighted by Gasteiger charge is 2.47. The largest absolute Gasteiger partial charge is 0.491 e. The van der Waals surface area contributed by atoms with Crippen LogP contribution in [0.25, 0.3) is 0 Å². The van der Waals surface area contributed by atoms with Crippen LogP contribution in [0.2, 0.25) is 0 Å². The van der Waals surface area contributed by atoms with Gasteiger partial charge >= 0.3 is 0 Å². The Morgan fingerprint density at radius 3 is 1.95 bits per heavy atom. The number of rotatable bonds is 3. The maximum Gasteiger partial charge on any atom is 0.119 e. The summed E-state index contributed by atoms with van der Waals surface area (Å²) in [5.74, 6) is 0.981. The number of hydrogen-bond acceptors (Lipinski definition) is 2. The Morgan fingerprint density at radius 1 is 0.947 bits per heavy atom. The van der Waals surface area contributed by atoms with Crippen molar-refractivity contribution >= 4 is 0 Å². The molecule has 0 aromatic heterocycles. The molecule has 3 saturated carbocycles. The molecule has 2 nitrogen and oxygen atoms in total. The van der Waals surface area contributed by atoms with Gasteiger partial charge in [0.25, 0.3) is 0 Å². The number of nitrogens with two attached hydrogens (primary N) is 1. The van der Waals surface area contributed by atoms with Gasteiger partial charge in [-0.05, 0) is 75.5 Å². The summed E-state index contributed by atoms with van der Waals surface area (Å²) in [5, 5.41) is 0. The zero-order chi connectivity index (χ0) is 13.5. The van der Waals surface area contributed by atoms with Crippen LogP contribution in [0.3, 0.4) is 0 Å². The summed E-state index contributed by atoms with van der Waals surface area (Å²) < 4.78 is 5.73. The van der Waals surface area contributed by atoms with Gasteiger partial charge in [0.15, 0.2) is 0 Å². The molecule has 0 saturated heterocycles. The first-order chi connectivity index (χ1) is 9.01. The molecule has 0 atom stereocenters. The lowest BCUT2D eigenvalue weighted by atomic mass is 9.55. The van der Waals surface area contributed by atoms with E-state index in [1.165, 1.54) is 44.1 Å². The third kappa shape index (κ3) is 2.38. The van der Waals surface area contributed by atoms with Crippen molar-refractivity contribution in [2.75, 3.05) is 0 Å². The number of fused-ring (bicyclic) bond motifs is 3. The van der Waals surface area contributed by atoms with Crippen LogP contribution in [-0.2, 0) is 5.41 Å². The third-order valence-corrected chi connectivity index (χ3v) is 5.14. The minimum Gasteiger partial charge on any atom is -0.491 e. The lowest BCUT2D eigenvalue weighted by Crippen LogP contribution is -2.53. The van der Waals surface area contributed by atoms with Gasteiger partial charge in [0.2, 0.25) is 0 Å². The van der Waals surface area contributed by atoms with E-state index >= 15 is 0 Å². The van der Waals surface area contributed by atoms with Crippen LogP contribution in [0.4, 0.5) is 0 Å². The van der Waals surface area contributed by atoms with Crippen LogP contribution in [0.1, 0.15) is 57.9 Å². The Hall–Kier alpha value is -1.02. The highest BCUT2D eigenvalue weighted by Crippen LogP contribution is 2.52. The van der Waals surface area contributed by atoms with Crippen LogP contribution < -0.4 is 10.5 Å². The second kappa shape index (κ2) is 4.52. The molecule has 1 aromatic rings.